The molecule has 0 fully saturated rings. The van der Waals surface area contributed by atoms with Crippen molar-refractivity contribution in [3.8, 4) is 0 Å². The molecule has 3 nitrogen and oxygen atoms in total. The molecule has 0 aliphatic carbocycles. The molecular weight excluding hydrogens is 222 g/mol. The molecule has 0 spiro atoms. The average Bonchev–Trinajstić information content (AvgIpc) is 2.21. The Morgan fingerprint density at radius 2 is 1.72 bits per heavy atom. The fraction of sp³-hybridized carbons (Fsp3) is 0.600. The molecule has 0 heterocycles. The highest BCUT2D eigenvalue weighted by atomic mass is 15.2. The average molecular weight is 249 g/mol. The number of nitrogen functional groups attached to an aromatic ring is 1. The number of anilines is 2. The molecule has 0 atom stereocenters. The molecule has 0 amide bonds. The zero-order chi connectivity index (χ0) is 13.7. The third-order valence-electron chi connectivity index (χ3n) is 3.13. The zero-order valence-corrected chi connectivity index (χ0v) is 12.3. The number of nitrogens with one attached hydrogen (secondary N) is 1. The third kappa shape index (κ3) is 4.57. The highest BCUT2D eigenvalue weighted by molar-refractivity contribution is 5.56. The molecule has 1 aromatic rings. The number of aryl methyl sites for hydroxylation is 1. The van der Waals surface area contributed by atoms with E-state index < -0.39 is 0 Å². The van der Waals surface area contributed by atoms with Crippen LogP contribution < -0.4 is 11.1 Å². The summed E-state index contributed by atoms with van der Waals surface area (Å²) in [6.07, 6.45) is 0. The Balaban J connectivity index is 2.50. The van der Waals surface area contributed by atoms with Crippen LogP contribution in [0.5, 0.6) is 0 Å². The van der Waals surface area contributed by atoms with Crippen molar-refractivity contribution in [2.45, 2.75) is 46.7 Å². The van der Waals surface area contributed by atoms with Gasteiger partial charge in [0, 0.05) is 36.5 Å². The van der Waals surface area contributed by atoms with Crippen molar-refractivity contribution in [3.05, 3.63) is 23.8 Å². The zero-order valence-electron chi connectivity index (χ0n) is 12.3. The van der Waals surface area contributed by atoms with Gasteiger partial charge in [-0.25, -0.2) is 0 Å². The molecule has 0 saturated carbocycles. The Bertz CT molecular complexity index is 344. The molecule has 0 bridgehead atoms. The SMILES string of the molecule is Cc1cc(N)cc(NCCN(C(C)C)C(C)C)c1. The van der Waals surface area contributed by atoms with Crippen LogP contribution in [0.25, 0.3) is 0 Å². The Labute approximate surface area is 111 Å². The maximum atomic E-state index is 5.84. The van der Waals surface area contributed by atoms with Crippen LogP contribution in [0.15, 0.2) is 18.2 Å². The van der Waals surface area contributed by atoms with E-state index in [9.17, 15) is 0 Å². The largest absolute Gasteiger partial charge is 0.399 e. The van der Waals surface area contributed by atoms with Gasteiger partial charge in [-0.05, 0) is 58.4 Å². The fourth-order valence-electron chi connectivity index (χ4n) is 2.36. The van der Waals surface area contributed by atoms with E-state index in [1.165, 1.54) is 5.56 Å². The van der Waals surface area contributed by atoms with Gasteiger partial charge in [0.2, 0.25) is 0 Å². The highest BCUT2D eigenvalue weighted by Crippen LogP contribution is 2.15. The normalized spacial score (nSPS) is 11.6. The maximum absolute atomic E-state index is 5.84. The van der Waals surface area contributed by atoms with Crippen LogP contribution in [0.1, 0.15) is 33.3 Å². The first-order valence-corrected chi connectivity index (χ1v) is 6.77. The van der Waals surface area contributed by atoms with Gasteiger partial charge in [0.25, 0.3) is 0 Å². The number of benzene rings is 1. The molecular formula is C15H27N3. The monoisotopic (exact) mass is 249 g/mol. The van der Waals surface area contributed by atoms with E-state index in [0.717, 1.165) is 24.5 Å². The van der Waals surface area contributed by atoms with Crippen molar-refractivity contribution in [2.24, 2.45) is 0 Å². The second-order valence-electron chi connectivity index (χ2n) is 5.48. The predicted octanol–water partition coefficient (Wildman–Crippen LogP) is 3.11. The summed E-state index contributed by atoms with van der Waals surface area (Å²) in [7, 11) is 0. The minimum absolute atomic E-state index is 0.578. The Morgan fingerprint density at radius 3 is 2.22 bits per heavy atom. The smallest absolute Gasteiger partial charge is 0.0363 e. The minimum Gasteiger partial charge on any atom is -0.399 e. The quantitative estimate of drug-likeness (QED) is 0.761. The molecule has 3 N–H and O–H groups in total. The van der Waals surface area contributed by atoms with Gasteiger partial charge in [0.05, 0.1) is 0 Å². The molecule has 1 rings (SSSR count). The van der Waals surface area contributed by atoms with Crippen LogP contribution in [-0.4, -0.2) is 30.1 Å². The third-order valence-corrected chi connectivity index (χ3v) is 3.13. The lowest BCUT2D eigenvalue weighted by Crippen LogP contribution is -2.40. The van der Waals surface area contributed by atoms with Gasteiger partial charge < -0.3 is 11.1 Å². The summed E-state index contributed by atoms with van der Waals surface area (Å²) in [4.78, 5) is 2.48. The molecule has 1 aromatic carbocycles. The van der Waals surface area contributed by atoms with Crippen LogP contribution in [0.2, 0.25) is 0 Å². The van der Waals surface area contributed by atoms with Crippen molar-refractivity contribution in [2.75, 3.05) is 24.1 Å². The summed E-state index contributed by atoms with van der Waals surface area (Å²) in [5.74, 6) is 0. The number of hydrogen-bond acceptors (Lipinski definition) is 3. The molecule has 0 aliphatic heterocycles. The topological polar surface area (TPSA) is 41.3 Å². The lowest BCUT2D eigenvalue weighted by molar-refractivity contribution is 0.182. The summed E-state index contributed by atoms with van der Waals surface area (Å²) in [6.45, 7) is 13.0. The van der Waals surface area contributed by atoms with Gasteiger partial charge in [-0.2, -0.15) is 0 Å². The minimum atomic E-state index is 0.578. The van der Waals surface area contributed by atoms with E-state index in [1.54, 1.807) is 0 Å². The van der Waals surface area contributed by atoms with Crippen molar-refractivity contribution in [3.63, 3.8) is 0 Å². The maximum Gasteiger partial charge on any atom is 0.0363 e. The first-order chi connectivity index (χ1) is 8.40. The molecule has 0 saturated heterocycles. The predicted molar refractivity (Wildman–Crippen MR) is 81.1 cm³/mol. The van der Waals surface area contributed by atoms with Gasteiger partial charge in [0.15, 0.2) is 0 Å². The van der Waals surface area contributed by atoms with Crippen LogP contribution >= 0.6 is 0 Å². The van der Waals surface area contributed by atoms with E-state index in [-0.39, 0.29) is 0 Å². The molecule has 0 aromatic heterocycles. The first kappa shape index (κ1) is 14.8. The van der Waals surface area contributed by atoms with Gasteiger partial charge in [0.1, 0.15) is 0 Å². The first-order valence-electron chi connectivity index (χ1n) is 6.77. The lowest BCUT2D eigenvalue weighted by Gasteiger charge is -2.30. The Kier molecular flexibility index (Phi) is 5.48. The molecule has 102 valence electrons. The Hall–Kier alpha value is -1.22. The number of hydrogen-bond donors (Lipinski definition) is 2. The van der Waals surface area contributed by atoms with E-state index in [2.05, 4.69) is 50.9 Å². The Morgan fingerprint density at radius 1 is 1.11 bits per heavy atom. The van der Waals surface area contributed by atoms with Crippen LogP contribution in [0, 0.1) is 6.92 Å². The van der Waals surface area contributed by atoms with Gasteiger partial charge in [-0.1, -0.05) is 0 Å². The van der Waals surface area contributed by atoms with Crippen molar-refractivity contribution in [1.29, 1.82) is 0 Å². The van der Waals surface area contributed by atoms with Crippen molar-refractivity contribution >= 4 is 11.4 Å². The molecule has 18 heavy (non-hydrogen) atoms. The standard InChI is InChI=1S/C15H27N3/c1-11(2)18(12(3)4)7-6-17-15-9-13(5)8-14(16)10-15/h8-12,17H,6-7,16H2,1-5H3. The molecule has 0 unspecified atom stereocenters. The molecule has 0 radical (unpaired) electrons. The fourth-order valence-corrected chi connectivity index (χ4v) is 2.36. The summed E-state index contributed by atoms with van der Waals surface area (Å²) >= 11 is 0. The van der Waals surface area contributed by atoms with E-state index in [4.69, 9.17) is 5.73 Å². The van der Waals surface area contributed by atoms with Crippen LogP contribution in [0.3, 0.4) is 0 Å². The lowest BCUT2D eigenvalue weighted by atomic mass is 10.2. The second-order valence-corrected chi connectivity index (χ2v) is 5.48. The molecule has 0 aliphatic rings. The summed E-state index contributed by atoms with van der Waals surface area (Å²) in [5.41, 5.74) is 8.97. The van der Waals surface area contributed by atoms with E-state index >= 15 is 0 Å². The van der Waals surface area contributed by atoms with Crippen molar-refractivity contribution in [1.82, 2.24) is 4.90 Å². The van der Waals surface area contributed by atoms with Gasteiger partial charge >= 0.3 is 0 Å². The summed E-state index contributed by atoms with van der Waals surface area (Å²) in [5, 5.41) is 3.44. The number of nitrogens with zero attached hydrogens (tertiary/aromatic N) is 1. The summed E-state index contributed by atoms with van der Waals surface area (Å²) in [6, 6.07) is 7.26. The number of nitrogens with two attached hydrogens (primary N) is 1. The molecule has 3 heteroatoms. The van der Waals surface area contributed by atoms with Crippen LogP contribution in [-0.2, 0) is 0 Å². The van der Waals surface area contributed by atoms with Gasteiger partial charge in [-0.15, -0.1) is 0 Å². The van der Waals surface area contributed by atoms with Gasteiger partial charge in [-0.3, -0.25) is 4.90 Å². The highest BCUT2D eigenvalue weighted by Gasteiger charge is 2.12. The van der Waals surface area contributed by atoms with E-state index in [1.807, 2.05) is 12.1 Å². The van der Waals surface area contributed by atoms with Crippen LogP contribution in [0.4, 0.5) is 11.4 Å². The number of rotatable bonds is 6. The van der Waals surface area contributed by atoms with E-state index in [0.29, 0.717) is 12.1 Å². The second kappa shape index (κ2) is 6.64. The summed E-state index contributed by atoms with van der Waals surface area (Å²) < 4.78 is 0. The van der Waals surface area contributed by atoms with Crippen molar-refractivity contribution < 1.29 is 0 Å².